The van der Waals surface area contributed by atoms with Crippen molar-refractivity contribution in [2.75, 3.05) is 5.32 Å². The van der Waals surface area contributed by atoms with Crippen LogP contribution in [-0.2, 0) is 6.54 Å². The van der Waals surface area contributed by atoms with E-state index in [-0.39, 0.29) is 11.7 Å². The molecule has 0 radical (unpaired) electrons. The molecule has 0 aliphatic carbocycles. The highest BCUT2D eigenvalue weighted by atomic mass is 79.9. The van der Waals surface area contributed by atoms with Crippen LogP contribution < -0.4 is 5.32 Å². The van der Waals surface area contributed by atoms with Gasteiger partial charge >= 0.3 is 0 Å². The lowest BCUT2D eigenvalue weighted by Gasteiger charge is -2.16. The van der Waals surface area contributed by atoms with E-state index in [1.165, 1.54) is 12.1 Å². The van der Waals surface area contributed by atoms with Gasteiger partial charge in [0, 0.05) is 47.3 Å². The molecule has 6 nitrogen and oxygen atoms in total. The Morgan fingerprint density at radius 2 is 2.37 bits per heavy atom. The number of aromatic nitrogens is 2. The number of anilines is 1. The molecule has 1 N–H and O–H groups in total. The lowest BCUT2D eigenvalue weighted by Crippen LogP contribution is -2.21. The van der Waals surface area contributed by atoms with Gasteiger partial charge in [-0.1, -0.05) is 0 Å². The average molecular weight is 325 g/mol. The van der Waals surface area contributed by atoms with Crippen molar-refractivity contribution in [3.05, 3.63) is 51.5 Å². The Morgan fingerprint density at radius 3 is 2.95 bits per heavy atom. The van der Waals surface area contributed by atoms with Crippen molar-refractivity contribution < 1.29 is 4.92 Å². The number of nitro groups is 1. The van der Waals surface area contributed by atoms with Gasteiger partial charge in [-0.15, -0.1) is 0 Å². The van der Waals surface area contributed by atoms with Crippen molar-refractivity contribution in [2.24, 2.45) is 0 Å². The first-order chi connectivity index (χ1) is 9.06. The van der Waals surface area contributed by atoms with Gasteiger partial charge in [-0.05, 0) is 28.9 Å². The van der Waals surface area contributed by atoms with Gasteiger partial charge in [-0.3, -0.25) is 10.1 Å². The first-order valence-corrected chi connectivity index (χ1v) is 6.52. The number of nitro benzene ring substituents is 1. The zero-order valence-electron chi connectivity index (χ0n) is 10.3. The number of hydrogen-bond acceptors (Lipinski definition) is 4. The standard InChI is InChI=1S/C12H13BrN4O2/c1-9(7-16-5-4-14-8-16)15-12-3-2-10(17(18)19)6-11(12)13/h2-6,8-9,15H,7H2,1H3. The van der Waals surface area contributed by atoms with E-state index in [9.17, 15) is 10.1 Å². The van der Waals surface area contributed by atoms with Crippen molar-refractivity contribution >= 4 is 27.3 Å². The first kappa shape index (κ1) is 13.5. The molecule has 1 aromatic carbocycles. The Balaban J connectivity index is 2.04. The van der Waals surface area contributed by atoms with E-state index in [2.05, 4.69) is 26.2 Å². The predicted molar refractivity (Wildman–Crippen MR) is 76.1 cm³/mol. The SMILES string of the molecule is CC(Cn1ccnc1)Nc1ccc([N+](=O)[O-])cc1Br. The monoisotopic (exact) mass is 324 g/mol. The van der Waals surface area contributed by atoms with E-state index >= 15 is 0 Å². The maximum absolute atomic E-state index is 10.7. The van der Waals surface area contributed by atoms with E-state index in [1.807, 2.05) is 17.7 Å². The Morgan fingerprint density at radius 1 is 1.58 bits per heavy atom. The van der Waals surface area contributed by atoms with E-state index < -0.39 is 4.92 Å². The molecular weight excluding hydrogens is 312 g/mol. The lowest BCUT2D eigenvalue weighted by atomic mass is 10.2. The van der Waals surface area contributed by atoms with E-state index in [4.69, 9.17) is 0 Å². The van der Waals surface area contributed by atoms with Gasteiger partial charge in [-0.25, -0.2) is 4.98 Å². The maximum Gasteiger partial charge on any atom is 0.270 e. The molecule has 0 aliphatic heterocycles. The third-order valence-electron chi connectivity index (χ3n) is 2.61. The topological polar surface area (TPSA) is 73.0 Å². The fourth-order valence-corrected chi connectivity index (χ4v) is 2.24. The van der Waals surface area contributed by atoms with Crippen LogP contribution in [0.4, 0.5) is 11.4 Å². The summed E-state index contributed by atoms with van der Waals surface area (Å²) in [6, 6.07) is 4.85. The molecule has 100 valence electrons. The van der Waals surface area contributed by atoms with Gasteiger partial charge in [0.2, 0.25) is 0 Å². The van der Waals surface area contributed by atoms with Crippen LogP contribution in [0.3, 0.4) is 0 Å². The third-order valence-corrected chi connectivity index (χ3v) is 3.27. The smallest absolute Gasteiger partial charge is 0.270 e. The molecule has 1 atom stereocenters. The number of nitrogens with one attached hydrogen (secondary N) is 1. The number of hydrogen-bond donors (Lipinski definition) is 1. The van der Waals surface area contributed by atoms with Crippen molar-refractivity contribution in [3.63, 3.8) is 0 Å². The van der Waals surface area contributed by atoms with Crippen molar-refractivity contribution in [3.8, 4) is 0 Å². The number of halogens is 1. The van der Waals surface area contributed by atoms with E-state index in [1.54, 1.807) is 18.6 Å². The van der Waals surface area contributed by atoms with Crippen molar-refractivity contribution in [1.29, 1.82) is 0 Å². The molecule has 7 heteroatoms. The third kappa shape index (κ3) is 3.54. The Kier molecular flexibility index (Phi) is 4.16. The molecule has 2 aromatic rings. The maximum atomic E-state index is 10.7. The minimum absolute atomic E-state index is 0.0692. The molecule has 0 aliphatic rings. The highest BCUT2D eigenvalue weighted by Gasteiger charge is 2.11. The minimum Gasteiger partial charge on any atom is -0.380 e. The molecule has 1 unspecified atom stereocenters. The van der Waals surface area contributed by atoms with Crippen molar-refractivity contribution in [1.82, 2.24) is 9.55 Å². The van der Waals surface area contributed by atoms with Crippen LogP contribution >= 0.6 is 15.9 Å². The molecule has 19 heavy (non-hydrogen) atoms. The number of benzene rings is 1. The second kappa shape index (κ2) is 5.83. The van der Waals surface area contributed by atoms with Crippen LogP contribution in [-0.4, -0.2) is 20.5 Å². The second-order valence-electron chi connectivity index (χ2n) is 4.23. The quantitative estimate of drug-likeness (QED) is 0.677. The molecule has 2 rings (SSSR count). The lowest BCUT2D eigenvalue weighted by molar-refractivity contribution is -0.384. The predicted octanol–water partition coefficient (Wildman–Crippen LogP) is 3.05. The molecule has 0 spiro atoms. The Bertz CT molecular complexity index is 571. The molecule has 0 saturated heterocycles. The van der Waals surface area contributed by atoms with Gasteiger partial charge in [-0.2, -0.15) is 0 Å². The molecule has 1 heterocycles. The molecule has 0 bridgehead atoms. The number of nitrogens with zero attached hydrogens (tertiary/aromatic N) is 3. The van der Waals surface area contributed by atoms with Crippen LogP contribution in [0, 0.1) is 10.1 Å². The highest BCUT2D eigenvalue weighted by Crippen LogP contribution is 2.27. The second-order valence-corrected chi connectivity index (χ2v) is 5.08. The Labute approximate surface area is 118 Å². The number of non-ortho nitro benzene ring substituents is 1. The average Bonchev–Trinajstić information content (AvgIpc) is 2.84. The zero-order valence-corrected chi connectivity index (χ0v) is 11.9. The zero-order chi connectivity index (χ0) is 13.8. The van der Waals surface area contributed by atoms with Gasteiger partial charge < -0.3 is 9.88 Å². The summed E-state index contributed by atoms with van der Waals surface area (Å²) in [7, 11) is 0. The summed E-state index contributed by atoms with van der Waals surface area (Å²) in [5.41, 5.74) is 0.901. The van der Waals surface area contributed by atoms with Crippen LogP contribution in [0.15, 0.2) is 41.4 Å². The minimum atomic E-state index is -0.413. The van der Waals surface area contributed by atoms with Gasteiger partial charge in [0.15, 0.2) is 0 Å². The summed E-state index contributed by atoms with van der Waals surface area (Å²) >= 11 is 3.34. The summed E-state index contributed by atoms with van der Waals surface area (Å²) in [5.74, 6) is 0. The van der Waals surface area contributed by atoms with Crippen LogP contribution in [0.5, 0.6) is 0 Å². The summed E-state index contributed by atoms with van der Waals surface area (Å²) in [6.07, 6.45) is 5.38. The first-order valence-electron chi connectivity index (χ1n) is 5.72. The van der Waals surface area contributed by atoms with E-state index in [0.717, 1.165) is 12.2 Å². The van der Waals surface area contributed by atoms with E-state index in [0.29, 0.717) is 4.47 Å². The highest BCUT2D eigenvalue weighted by molar-refractivity contribution is 9.10. The van der Waals surface area contributed by atoms with Crippen LogP contribution in [0.1, 0.15) is 6.92 Å². The molecule has 1 aromatic heterocycles. The molecule has 0 fully saturated rings. The van der Waals surface area contributed by atoms with Gasteiger partial charge in [0.25, 0.3) is 5.69 Å². The van der Waals surface area contributed by atoms with Crippen LogP contribution in [0.2, 0.25) is 0 Å². The van der Waals surface area contributed by atoms with Gasteiger partial charge in [0.05, 0.1) is 11.3 Å². The molecule has 0 amide bonds. The molecule has 0 saturated carbocycles. The summed E-state index contributed by atoms with van der Waals surface area (Å²) in [6.45, 7) is 2.80. The Hall–Kier alpha value is -1.89. The van der Waals surface area contributed by atoms with Gasteiger partial charge in [0.1, 0.15) is 0 Å². The largest absolute Gasteiger partial charge is 0.380 e. The summed E-state index contributed by atoms with van der Waals surface area (Å²) < 4.78 is 2.65. The number of rotatable bonds is 5. The summed E-state index contributed by atoms with van der Waals surface area (Å²) in [4.78, 5) is 14.2. The van der Waals surface area contributed by atoms with Crippen molar-refractivity contribution in [2.45, 2.75) is 19.5 Å². The normalized spacial score (nSPS) is 12.1. The number of imidazole rings is 1. The van der Waals surface area contributed by atoms with Crippen LogP contribution in [0.25, 0.3) is 0 Å². The summed E-state index contributed by atoms with van der Waals surface area (Å²) in [5, 5.41) is 13.9. The fraction of sp³-hybridized carbons (Fsp3) is 0.250. The molecular formula is C12H13BrN4O2. The fourth-order valence-electron chi connectivity index (χ4n) is 1.76.